The maximum Gasteiger partial charge on any atom is 0.325 e. The van der Waals surface area contributed by atoms with Gasteiger partial charge in [-0.2, -0.15) is 0 Å². The summed E-state index contributed by atoms with van der Waals surface area (Å²) in [5.74, 6) is 1.22. The van der Waals surface area contributed by atoms with E-state index in [1.54, 1.807) is 6.92 Å². The summed E-state index contributed by atoms with van der Waals surface area (Å²) >= 11 is 15.0. The van der Waals surface area contributed by atoms with Crippen molar-refractivity contribution >= 4 is 95.7 Å². The number of carbonyl (C=O) groups is 4. The standard InChI is InChI=1S/C8H16O.C7H13ClO.C7H14O2.C7H12O2.C6H12O6.C5H6Br2O3.C5H7BrO3.C5H6N2O2.C5H8O4.4CH4.ClH/c1-4-8-6(2)5-7(3)9-8;3*1-3-6-5(2)4-7(8)9-6;7-1-2-3(8)4(9)5(10)6(11)12-2;6-1-2-4(8)3(7)5(9)10-2;6-2-4-3(7)1-5(8)9-4;1-3-2-6-5(9)7-4(3)8;6-2-4-3(7)1-5(8)9-4;;;;;/h6-8H,4-5H2,1-3H3;5-7H,3-4H2,1-2H3;5-8H,3-4H2,1-2H3;5-6H,3-4H2,1-2H3;2-11H,1H2;2-4,8H,1H2;3-4,7H,1-2H2;2H,1H3,(H2,6,7,8,9);3-4,6-7H,1-2H2;4*1H4;1H/t6-,7?,8+;5-,6+,7-;5-,6+,7?;5-,6+;2-,3+,4+,5-,6?;2-,3-,4+;3-,4-;;3-,4+;;;;;/m1111111.1...../s1. The molecule has 0 amide bonds. The summed E-state index contributed by atoms with van der Waals surface area (Å²) in [5, 5.41) is 90.1. The molecule has 0 aromatic carbocycles. The number of hydrogen-bond acceptors (Lipinski definition) is 24. The number of aryl methyl sites for hydroxylation is 1. The zero-order chi connectivity index (χ0) is 65.0. The van der Waals surface area contributed by atoms with Crippen LogP contribution in [0.5, 0.6) is 0 Å². The molecule has 1 aromatic rings. The van der Waals surface area contributed by atoms with Crippen LogP contribution < -0.4 is 11.2 Å². The van der Waals surface area contributed by atoms with Gasteiger partial charge in [-0.3, -0.25) is 29.0 Å². The lowest BCUT2D eigenvalue weighted by atomic mass is 10.00. The number of alkyl halides is 4. The van der Waals surface area contributed by atoms with Crippen LogP contribution in [0.25, 0.3) is 0 Å². The molecule has 0 radical (unpaired) electrons. The van der Waals surface area contributed by atoms with E-state index in [0.29, 0.717) is 64.8 Å². The normalized spacial score (nSPS) is 35.4. The number of ether oxygens (including phenoxy) is 8. The molecular formula is C59H111Br3Cl2N2O24. The molecule has 8 aliphatic rings. The van der Waals surface area contributed by atoms with Gasteiger partial charge in [-0.05, 0) is 70.1 Å². The maximum atomic E-state index is 10.7. The number of H-pyrrole nitrogens is 2. The Balaban J connectivity index is -0.000000299. The maximum absolute atomic E-state index is 10.7. The van der Waals surface area contributed by atoms with Crippen molar-refractivity contribution in [1.82, 2.24) is 9.97 Å². The Morgan fingerprint density at radius 2 is 0.967 bits per heavy atom. The summed E-state index contributed by atoms with van der Waals surface area (Å²) in [6, 6.07) is 0. The Morgan fingerprint density at radius 1 is 0.522 bits per heavy atom. The molecule has 12 N–H and O–H groups in total. The first-order valence-corrected chi connectivity index (χ1v) is 32.2. The minimum absolute atomic E-state index is 0. The Hall–Kier alpha value is -1.98. The van der Waals surface area contributed by atoms with E-state index in [2.05, 4.69) is 127 Å². The van der Waals surface area contributed by atoms with Gasteiger partial charge in [-0.1, -0.05) is 144 Å². The van der Waals surface area contributed by atoms with Gasteiger partial charge >= 0.3 is 29.6 Å². The van der Waals surface area contributed by atoms with Crippen LogP contribution in [0.15, 0.2) is 15.8 Å². The van der Waals surface area contributed by atoms with Crippen molar-refractivity contribution < 1.29 is 108 Å². The molecule has 8 aliphatic heterocycles. The highest BCUT2D eigenvalue weighted by atomic mass is 79.9. The van der Waals surface area contributed by atoms with Gasteiger partial charge in [-0.25, -0.2) is 4.79 Å². The molecule has 536 valence electrons. The number of cyclic esters (lactones) is 4. The molecule has 0 bridgehead atoms. The summed E-state index contributed by atoms with van der Waals surface area (Å²) in [6.45, 7) is 20.0. The molecule has 3 unspecified atom stereocenters. The lowest BCUT2D eigenvalue weighted by molar-refractivity contribution is -0.286. The third-order valence-electron chi connectivity index (χ3n) is 14.5. The zero-order valence-corrected chi connectivity index (χ0v) is 56.7. The fourth-order valence-corrected chi connectivity index (χ4v) is 11.3. The molecule has 26 nitrogen and oxygen atoms in total. The molecule has 1 aromatic heterocycles. The SMILES string of the molecule is C.C.C.C.CC[C@@H]1OC(=O)C[C@H]1C.CC[C@@H]1OC(C)C[C@H]1C.CC[C@@H]1OC(O)C[C@H]1C.CC[C@@H]1O[C@@H](Cl)C[C@H]1C.Cc1c[nH]c(=O)[nH]c1=O.Cl.O=C1C[C@@H](O)[C@@H](CBr)O1.O=C1C[C@@H](O)[C@H](CO)O1.O=C1O[C@H](CBr)[C@H](O)[C@H]1Br.OC[C@H]1OC(O)[C@H](O)[C@@H](O)[C@H]1O. The van der Waals surface area contributed by atoms with Crippen LogP contribution in [-0.4, -0.2) is 223 Å². The summed E-state index contributed by atoms with van der Waals surface area (Å²) in [7, 11) is 0. The molecule has 23 atom stereocenters. The third kappa shape index (κ3) is 34.1. The fourth-order valence-electron chi connectivity index (χ4n) is 9.34. The molecule has 0 aliphatic carbocycles. The van der Waals surface area contributed by atoms with E-state index < -0.39 is 96.6 Å². The van der Waals surface area contributed by atoms with E-state index in [1.807, 2.05) is 6.92 Å². The average Bonchev–Trinajstić information content (AvgIpc) is 2.07. The number of esters is 4. The topological polar surface area (TPSA) is 410 Å². The van der Waals surface area contributed by atoms with Gasteiger partial charge in [0, 0.05) is 34.8 Å². The molecule has 9 heterocycles. The van der Waals surface area contributed by atoms with Crippen molar-refractivity contribution in [2.24, 2.45) is 23.7 Å². The largest absolute Gasteiger partial charge is 0.462 e. The minimum atomic E-state index is -1.57. The molecule has 8 fully saturated rings. The summed E-state index contributed by atoms with van der Waals surface area (Å²) in [5.41, 5.74) is -0.316. The monoisotopic (exact) mass is 1540 g/mol. The van der Waals surface area contributed by atoms with Gasteiger partial charge in [0.25, 0.3) is 5.56 Å². The van der Waals surface area contributed by atoms with Crippen molar-refractivity contribution in [2.75, 3.05) is 23.9 Å². The van der Waals surface area contributed by atoms with Gasteiger partial charge in [0.05, 0.1) is 56.9 Å². The van der Waals surface area contributed by atoms with Crippen LogP contribution in [-0.2, 0) is 57.1 Å². The molecule has 8 saturated heterocycles. The van der Waals surface area contributed by atoms with Gasteiger partial charge in [0.1, 0.15) is 71.4 Å². The number of aliphatic hydroxyl groups is 10. The number of aromatic amines is 2. The van der Waals surface area contributed by atoms with Crippen LogP contribution in [0.2, 0.25) is 0 Å². The van der Waals surface area contributed by atoms with Crippen LogP contribution in [0.4, 0.5) is 0 Å². The molecule has 9 rings (SSSR count). The van der Waals surface area contributed by atoms with E-state index in [1.165, 1.54) is 19.0 Å². The quantitative estimate of drug-likeness (QED) is 0.0887. The second kappa shape index (κ2) is 50.4. The smallest absolute Gasteiger partial charge is 0.325 e. The van der Waals surface area contributed by atoms with Crippen LogP contribution in [0.3, 0.4) is 0 Å². The van der Waals surface area contributed by atoms with E-state index in [0.717, 1.165) is 38.0 Å². The zero-order valence-electron chi connectivity index (χ0n) is 50.4. The number of hydrogen-bond donors (Lipinski definition) is 12. The Morgan fingerprint density at radius 3 is 1.22 bits per heavy atom. The first kappa shape index (κ1) is 96.7. The van der Waals surface area contributed by atoms with Gasteiger partial charge in [0.2, 0.25) is 0 Å². The van der Waals surface area contributed by atoms with Crippen molar-refractivity contribution in [1.29, 1.82) is 0 Å². The first-order chi connectivity index (χ1) is 39.9. The number of nitrogens with one attached hydrogen (secondary N) is 2. The Bertz CT molecular complexity index is 2070. The number of halogens is 5. The van der Waals surface area contributed by atoms with E-state index in [-0.39, 0.29) is 96.8 Å². The Labute approximate surface area is 568 Å². The highest BCUT2D eigenvalue weighted by Gasteiger charge is 2.43. The molecule has 90 heavy (non-hydrogen) atoms. The average molecular weight is 1540 g/mol. The van der Waals surface area contributed by atoms with Gasteiger partial charge < -0.3 is 93.9 Å². The van der Waals surface area contributed by atoms with E-state index in [9.17, 15) is 33.9 Å². The van der Waals surface area contributed by atoms with Crippen LogP contribution in [0.1, 0.15) is 162 Å². The van der Waals surface area contributed by atoms with Crippen molar-refractivity contribution in [2.45, 2.75) is 278 Å². The second-order valence-electron chi connectivity index (χ2n) is 21.6. The van der Waals surface area contributed by atoms with Crippen LogP contribution >= 0.6 is 71.8 Å². The third-order valence-corrected chi connectivity index (χ3v) is 17.0. The highest BCUT2D eigenvalue weighted by molar-refractivity contribution is 9.10. The van der Waals surface area contributed by atoms with Gasteiger partial charge in [-0.15, -0.1) is 12.4 Å². The number of rotatable bonds is 8. The lowest BCUT2D eigenvalue weighted by Gasteiger charge is -2.37. The number of carbonyl (C=O) groups excluding carboxylic acids is 4. The summed E-state index contributed by atoms with van der Waals surface area (Å²) < 4.78 is 39.7. The summed E-state index contributed by atoms with van der Waals surface area (Å²) in [4.78, 5) is 66.8. The second-order valence-corrected chi connectivity index (χ2v) is 24.4. The van der Waals surface area contributed by atoms with E-state index >= 15 is 0 Å². The van der Waals surface area contributed by atoms with Gasteiger partial charge in [0.15, 0.2) is 18.7 Å². The van der Waals surface area contributed by atoms with Crippen molar-refractivity contribution in [3.63, 3.8) is 0 Å². The lowest BCUT2D eigenvalue weighted by Crippen LogP contribution is -2.58. The van der Waals surface area contributed by atoms with Crippen molar-refractivity contribution in [3.05, 3.63) is 32.6 Å². The minimum Gasteiger partial charge on any atom is -0.462 e. The summed E-state index contributed by atoms with van der Waals surface area (Å²) in [6.07, 6.45) is 0.221. The van der Waals surface area contributed by atoms with Crippen LogP contribution in [0, 0.1) is 30.6 Å². The molecule has 0 saturated carbocycles. The van der Waals surface area contributed by atoms with E-state index in [4.69, 9.17) is 81.2 Å². The predicted molar refractivity (Wildman–Crippen MR) is 353 cm³/mol. The molecule has 0 spiro atoms. The Kier molecular flexibility index (Phi) is 54.2. The predicted octanol–water partition coefficient (Wildman–Crippen LogP) is 5.34. The molecular weight excluding hydrogens is 1430 g/mol. The first-order valence-electron chi connectivity index (χ1n) is 28.6. The molecule has 31 heteroatoms. The number of aliphatic hydroxyl groups excluding tert-OH is 10. The van der Waals surface area contributed by atoms with Crippen molar-refractivity contribution in [3.8, 4) is 0 Å². The highest BCUT2D eigenvalue weighted by Crippen LogP contribution is 2.31. The number of aromatic nitrogens is 2. The fraction of sp³-hybridized carbons (Fsp3) is 0.864.